The highest BCUT2D eigenvalue weighted by molar-refractivity contribution is 5.90. The van der Waals surface area contributed by atoms with E-state index < -0.39 is 5.97 Å². The third-order valence-electron chi connectivity index (χ3n) is 1.54. The number of ether oxygens (including phenoxy) is 1. The van der Waals surface area contributed by atoms with Gasteiger partial charge in [0.05, 0.1) is 24.5 Å². The molecule has 0 fully saturated rings. The standard InChI is InChI=1S/C9H11NO3/c1-2-13-9(12)7-4-3-5-10-8(7)6-11/h3-5,11H,2,6H2,1H3. The third kappa shape index (κ3) is 2.26. The Balaban J connectivity index is 2.92. The molecule has 70 valence electrons. The monoisotopic (exact) mass is 181 g/mol. The first-order valence-corrected chi connectivity index (χ1v) is 4.01. The van der Waals surface area contributed by atoms with Crippen LogP contribution in [0.1, 0.15) is 23.0 Å². The van der Waals surface area contributed by atoms with Crippen molar-refractivity contribution in [2.75, 3.05) is 6.61 Å². The van der Waals surface area contributed by atoms with E-state index in [1.807, 2.05) is 0 Å². The maximum absolute atomic E-state index is 11.3. The molecule has 0 aliphatic carbocycles. The molecule has 0 amide bonds. The van der Waals surface area contributed by atoms with E-state index in [0.29, 0.717) is 17.9 Å². The number of pyridine rings is 1. The summed E-state index contributed by atoms with van der Waals surface area (Å²) < 4.78 is 4.78. The molecular formula is C9H11NO3. The summed E-state index contributed by atoms with van der Waals surface area (Å²) in [5, 5.41) is 8.87. The number of aliphatic hydroxyl groups excluding tert-OH is 1. The minimum absolute atomic E-state index is 0.255. The van der Waals surface area contributed by atoms with E-state index in [0.717, 1.165) is 0 Å². The average molecular weight is 181 g/mol. The van der Waals surface area contributed by atoms with Gasteiger partial charge in [-0.25, -0.2) is 4.79 Å². The van der Waals surface area contributed by atoms with Gasteiger partial charge in [-0.15, -0.1) is 0 Å². The Morgan fingerprint density at radius 2 is 2.46 bits per heavy atom. The summed E-state index contributed by atoms with van der Waals surface area (Å²) in [5.41, 5.74) is 0.674. The first-order chi connectivity index (χ1) is 6.29. The molecule has 0 spiro atoms. The van der Waals surface area contributed by atoms with Gasteiger partial charge < -0.3 is 9.84 Å². The lowest BCUT2D eigenvalue weighted by Crippen LogP contribution is -2.09. The van der Waals surface area contributed by atoms with Crippen molar-refractivity contribution in [3.8, 4) is 0 Å². The van der Waals surface area contributed by atoms with Crippen molar-refractivity contribution in [1.29, 1.82) is 0 Å². The zero-order valence-corrected chi connectivity index (χ0v) is 7.36. The summed E-state index contributed by atoms with van der Waals surface area (Å²) in [7, 11) is 0. The van der Waals surface area contributed by atoms with Crippen LogP contribution in [0.2, 0.25) is 0 Å². The summed E-state index contributed by atoms with van der Waals surface area (Å²) in [5.74, 6) is -0.445. The molecule has 1 heterocycles. The van der Waals surface area contributed by atoms with Crippen LogP contribution >= 0.6 is 0 Å². The molecular weight excluding hydrogens is 170 g/mol. The molecule has 0 aliphatic heterocycles. The lowest BCUT2D eigenvalue weighted by Gasteiger charge is -2.04. The second-order valence-corrected chi connectivity index (χ2v) is 2.38. The molecule has 0 aromatic carbocycles. The molecule has 0 bridgehead atoms. The Labute approximate surface area is 76.2 Å². The zero-order chi connectivity index (χ0) is 9.68. The number of aliphatic hydroxyl groups is 1. The van der Waals surface area contributed by atoms with Gasteiger partial charge in [-0.2, -0.15) is 0 Å². The fourth-order valence-corrected chi connectivity index (χ4v) is 0.959. The largest absolute Gasteiger partial charge is 0.462 e. The molecule has 1 N–H and O–H groups in total. The second kappa shape index (κ2) is 4.57. The van der Waals surface area contributed by atoms with Gasteiger partial charge >= 0.3 is 5.97 Å². The number of hydrogen-bond donors (Lipinski definition) is 1. The summed E-state index contributed by atoms with van der Waals surface area (Å²) in [6.45, 7) is 1.79. The molecule has 0 unspecified atom stereocenters. The van der Waals surface area contributed by atoms with Gasteiger partial charge in [-0.05, 0) is 19.1 Å². The van der Waals surface area contributed by atoms with Gasteiger partial charge in [-0.3, -0.25) is 4.98 Å². The van der Waals surface area contributed by atoms with Crippen LogP contribution in [0.25, 0.3) is 0 Å². The smallest absolute Gasteiger partial charge is 0.340 e. The van der Waals surface area contributed by atoms with E-state index in [4.69, 9.17) is 9.84 Å². The van der Waals surface area contributed by atoms with E-state index in [2.05, 4.69) is 4.98 Å². The molecule has 1 rings (SSSR count). The molecule has 0 aliphatic rings. The van der Waals surface area contributed by atoms with Gasteiger partial charge in [0.15, 0.2) is 0 Å². The highest BCUT2D eigenvalue weighted by Crippen LogP contribution is 2.06. The lowest BCUT2D eigenvalue weighted by atomic mass is 10.2. The van der Waals surface area contributed by atoms with Crippen molar-refractivity contribution in [2.24, 2.45) is 0 Å². The number of nitrogens with zero attached hydrogens (tertiary/aromatic N) is 1. The van der Waals surface area contributed by atoms with E-state index in [-0.39, 0.29) is 6.61 Å². The molecule has 4 heteroatoms. The topological polar surface area (TPSA) is 59.4 Å². The first-order valence-electron chi connectivity index (χ1n) is 4.01. The molecule has 4 nitrogen and oxygen atoms in total. The third-order valence-corrected chi connectivity index (χ3v) is 1.54. The Morgan fingerprint density at radius 3 is 3.08 bits per heavy atom. The summed E-state index contributed by atoms with van der Waals surface area (Å²) in [6, 6.07) is 3.21. The van der Waals surface area contributed by atoms with Crippen molar-refractivity contribution in [3.63, 3.8) is 0 Å². The van der Waals surface area contributed by atoms with Crippen LogP contribution in [0.15, 0.2) is 18.3 Å². The summed E-state index contributed by atoms with van der Waals surface area (Å²) in [4.78, 5) is 15.1. The van der Waals surface area contributed by atoms with Crippen molar-refractivity contribution >= 4 is 5.97 Å². The number of esters is 1. The maximum Gasteiger partial charge on any atom is 0.340 e. The fraction of sp³-hybridized carbons (Fsp3) is 0.333. The summed E-state index contributed by atoms with van der Waals surface area (Å²) >= 11 is 0. The Hall–Kier alpha value is -1.42. The number of carbonyl (C=O) groups is 1. The van der Waals surface area contributed by atoms with Gasteiger partial charge in [0.1, 0.15) is 0 Å². The molecule has 1 aromatic rings. The van der Waals surface area contributed by atoms with Crippen molar-refractivity contribution in [1.82, 2.24) is 4.98 Å². The van der Waals surface area contributed by atoms with Gasteiger partial charge in [0.25, 0.3) is 0 Å². The van der Waals surface area contributed by atoms with Crippen LogP contribution in [0, 0.1) is 0 Å². The number of carbonyl (C=O) groups excluding carboxylic acids is 1. The van der Waals surface area contributed by atoms with Crippen LogP contribution in [0.4, 0.5) is 0 Å². The van der Waals surface area contributed by atoms with Crippen LogP contribution in [-0.4, -0.2) is 22.7 Å². The Kier molecular flexibility index (Phi) is 3.40. The predicted molar refractivity (Wildman–Crippen MR) is 46.1 cm³/mol. The molecule has 0 saturated carbocycles. The van der Waals surface area contributed by atoms with E-state index in [1.165, 1.54) is 6.20 Å². The summed E-state index contributed by atoms with van der Waals surface area (Å²) in [6.07, 6.45) is 1.52. The number of hydrogen-bond acceptors (Lipinski definition) is 4. The van der Waals surface area contributed by atoms with Crippen LogP contribution < -0.4 is 0 Å². The quantitative estimate of drug-likeness (QED) is 0.699. The highest BCUT2D eigenvalue weighted by Gasteiger charge is 2.11. The van der Waals surface area contributed by atoms with Crippen molar-refractivity contribution in [2.45, 2.75) is 13.5 Å². The van der Waals surface area contributed by atoms with E-state index in [1.54, 1.807) is 19.1 Å². The van der Waals surface area contributed by atoms with E-state index >= 15 is 0 Å². The molecule has 0 saturated heterocycles. The van der Waals surface area contributed by atoms with Crippen LogP contribution in [-0.2, 0) is 11.3 Å². The fourth-order valence-electron chi connectivity index (χ4n) is 0.959. The number of rotatable bonds is 3. The maximum atomic E-state index is 11.3. The van der Waals surface area contributed by atoms with E-state index in [9.17, 15) is 4.79 Å². The van der Waals surface area contributed by atoms with Crippen molar-refractivity contribution < 1.29 is 14.6 Å². The Morgan fingerprint density at radius 1 is 1.69 bits per heavy atom. The lowest BCUT2D eigenvalue weighted by molar-refractivity contribution is 0.0522. The molecule has 0 atom stereocenters. The Bertz CT molecular complexity index is 299. The van der Waals surface area contributed by atoms with Gasteiger partial charge in [-0.1, -0.05) is 0 Å². The van der Waals surface area contributed by atoms with Crippen LogP contribution in [0.3, 0.4) is 0 Å². The highest BCUT2D eigenvalue weighted by atomic mass is 16.5. The van der Waals surface area contributed by atoms with Crippen LogP contribution in [0.5, 0.6) is 0 Å². The van der Waals surface area contributed by atoms with Gasteiger partial charge in [0.2, 0.25) is 0 Å². The minimum Gasteiger partial charge on any atom is -0.462 e. The molecule has 1 aromatic heterocycles. The van der Waals surface area contributed by atoms with Crippen molar-refractivity contribution in [3.05, 3.63) is 29.6 Å². The predicted octanol–water partition coefficient (Wildman–Crippen LogP) is 0.751. The molecule has 13 heavy (non-hydrogen) atoms. The normalized spacial score (nSPS) is 9.69. The SMILES string of the molecule is CCOC(=O)c1cccnc1CO. The van der Waals surface area contributed by atoms with Gasteiger partial charge in [0, 0.05) is 6.20 Å². The first kappa shape index (κ1) is 9.67. The second-order valence-electron chi connectivity index (χ2n) is 2.38. The average Bonchev–Trinajstić information content (AvgIpc) is 2.18. The molecule has 0 radical (unpaired) electrons. The zero-order valence-electron chi connectivity index (χ0n) is 7.36. The minimum atomic E-state index is -0.445. The number of aromatic nitrogens is 1.